The Bertz CT molecular complexity index is 757. The van der Waals surface area contributed by atoms with Gasteiger partial charge in [-0.15, -0.1) is 11.3 Å². The first kappa shape index (κ1) is 20.2. The molecule has 0 aromatic carbocycles. The second-order valence-electron chi connectivity index (χ2n) is 11.4. The molecule has 29 heavy (non-hydrogen) atoms. The van der Waals surface area contributed by atoms with E-state index in [1.165, 1.54) is 56.2 Å². The van der Waals surface area contributed by atoms with Crippen LogP contribution in [0.2, 0.25) is 0 Å². The molecule has 1 aromatic heterocycles. The van der Waals surface area contributed by atoms with Gasteiger partial charge >= 0.3 is 0 Å². The summed E-state index contributed by atoms with van der Waals surface area (Å²) in [6.45, 7) is 7.75. The van der Waals surface area contributed by atoms with Gasteiger partial charge in [0.25, 0.3) is 0 Å². The molecular weight excluding hydrogens is 374 g/mol. The molecule has 0 spiro atoms. The van der Waals surface area contributed by atoms with E-state index < -0.39 is 0 Å². The fourth-order valence-corrected chi connectivity index (χ4v) is 9.17. The van der Waals surface area contributed by atoms with Crippen LogP contribution in [-0.2, 0) is 6.42 Å². The van der Waals surface area contributed by atoms with Gasteiger partial charge in [0, 0.05) is 11.1 Å². The van der Waals surface area contributed by atoms with Crippen LogP contribution < -0.4 is 0 Å². The predicted octanol–water partition coefficient (Wildman–Crippen LogP) is 6.65. The summed E-state index contributed by atoms with van der Waals surface area (Å²) in [5, 5.41) is 10.2. The SMILES string of the molecule is C[C@H](CCc1cncs1)[C@H]1CC[C@H]2[C@@H]3CC=C4C[C@@H](O)CC[C@]4(C)[C@H]3CC[C@]12C. The standard InChI is InChI=1S/C26H39NOS/c1-17(4-6-20-15-27-16-29-20)22-8-9-23-21-7-5-18-14-19(28)10-12-25(18,2)24(21)11-13-26(22,23)3/h5,15-17,19,21-24,28H,4,6-14H2,1-3H3/t17-,19+,21+,22-,23+,24+,25+,26-/m1/s1. The number of hydrogen-bond donors (Lipinski definition) is 1. The maximum atomic E-state index is 10.2. The lowest BCUT2D eigenvalue weighted by molar-refractivity contribution is -0.0571. The van der Waals surface area contributed by atoms with E-state index in [1.807, 2.05) is 16.8 Å². The van der Waals surface area contributed by atoms with Gasteiger partial charge in [0.05, 0.1) is 11.6 Å². The van der Waals surface area contributed by atoms with Gasteiger partial charge in [0.1, 0.15) is 0 Å². The monoisotopic (exact) mass is 413 g/mol. The summed E-state index contributed by atoms with van der Waals surface area (Å²) < 4.78 is 0. The normalized spacial score (nSPS) is 45.1. The maximum Gasteiger partial charge on any atom is 0.0794 e. The molecule has 1 heterocycles. The molecule has 1 aromatic rings. The quantitative estimate of drug-likeness (QED) is 0.560. The molecule has 0 unspecified atom stereocenters. The molecule has 0 amide bonds. The van der Waals surface area contributed by atoms with Crippen LogP contribution in [0.5, 0.6) is 0 Å². The van der Waals surface area contributed by atoms with Crippen molar-refractivity contribution in [1.29, 1.82) is 0 Å². The second kappa shape index (κ2) is 7.48. The average molecular weight is 414 g/mol. The summed E-state index contributed by atoms with van der Waals surface area (Å²) in [5.41, 5.74) is 4.50. The Morgan fingerprint density at radius 2 is 2.03 bits per heavy atom. The van der Waals surface area contributed by atoms with E-state index in [0.29, 0.717) is 10.8 Å². The van der Waals surface area contributed by atoms with E-state index in [4.69, 9.17) is 0 Å². The fraction of sp³-hybridized carbons (Fsp3) is 0.808. The van der Waals surface area contributed by atoms with Gasteiger partial charge in [-0.25, -0.2) is 0 Å². The lowest BCUT2D eigenvalue weighted by atomic mass is 9.47. The highest BCUT2D eigenvalue weighted by Crippen LogP contribution is 2.67. The molecule has 1 N–H and O–H groups in total. The van der Waals surface area contributed by atoms with E-state index in [1.54, 1.807) is 5.57 Å². The number of nitrogens with zero attached hydrogens (tertiary/aromatic N) is 1. The predicted molar refractivity (Wildman–Crippen MR) is 121 cm³/mol. The van der Waals surface area contributed by atoms with E-state index in [2.05, 4.69) is 38.0 Å². The zero-order valence-corrected chi connectivity index (χ0v) is 19.4. The van der Waals surface area contributed by atoms with Crippen LogP contribution in [0.1, 0.15) is 83.4 Å². The van der Waals surface area contributed by atoms with Gasteiger partial charge < -0.3 is 5.11 Å². The van der Waals surface area contributed by atoms with Crippen LogP contribution in [-0.4, -0.2) is 16.2 Å². The van der Waals surface area contributed by atoms with Crippen LogP contribution in [0.4, 0.5) is 0 Å². The largest absolute Gasteiger partial charge is 0.393 e. The Balaban J connectivity index is 1.33. The van der Waals surface area contributed by atoms with Crippen LogP contribution >= 0.6 is 11.3 Å². The number of rotatable bonds is 4. The third-order valence-corrected chi connectivity index (χ3v) is 11.0. The van der Waals surface area contributed by atoms with Crippen molar-refractivity contribution < 1.29 is 5.11 Å². The van der Waals surface area contributed by atoms with Crippen LogP contribution in [0, 0.1) is 40.4 Å². The molecule has 3 fully saturated rings. The van der Waals surface area contributed by atoms with Crippen molar-refractivity contribution in [3.63, 3.8) is 0 Å². The van der Waals surface area contributed by atoms with Crippen molar-refractivity contribution in [3.05, 3.63) is 28.2 Å². The van der Waals surface area contributed by atoms with Crippen molar-refractivity contribution in [2.75, 3.05) is 0 Å². The molecule has 0 bridgehead atoms. The lowest BCUT2D eigenvalue weighted by Gasteiger charge is -2.58. The molecule has 0 saturated heterocycles. The molecule has 0 radical (unpaired) electrons. The Morgan fingerprint density at radius 1 is 1.17 bits per heavy atom. The number of aromatic nitrogens is 1. The minimum absolute atomic E-state index is 0.0880. The van der Waals surface area contributed by atoms with Gasteiger partial charge in [-0.2, -0.15) is 0 Å². The Hall–Kier alpha value is -0.670. The third-order valence-electron chi connectivity index (χ3n) is 10.2. The minimum Gasteiger partial charge on any atom is -0.393 e. The molecule has 3 saturated carbocycles. The van der Waals surface area contributed by atoms with Gasteiger partial charge in [-0.1, -0.05) is 32.4 Å². The number of aryl methyl sites for hydroxylation is 1. The molecule has 160 valence electrons. The minimum atomic E-state index is -0.0880. The summed E-state index contributed by atoms with van der Waals surface area (Å²) in [7, 11) is 0. The third kappa shape index (κ3) is 3.26. The van der Waals surface area contributed by atoms with Crippen molar-refractivity contribution in [2.45, 2.75) is 91.1 Å². The highest BCUT2D eigenvalue weighted by molar-refractivity contribution is 7.09. The lowest BCUT2D eigenvalue weighted by Crippen LogP contribution is -2.50. The van der Waals surface area contributed by atoms with E-state index in [-0.39, 0.29) is 6.10 Å². The van der Waals surface area contributed by atoms with E-state index in [9.17, 15) is 5.11 Å². The van der Waals surface area contributed by atoms with Gasteiger partial charge in [0.2, 0.25) is 0 Å². The highest BCUT2D eigenvalue weighted by Gasteiger charge is 2.59. The first-order chi connectivity index (χ1) is 13.9. The second-order valence-corrected chi connectivity index (χ2v) is 12.3. The first-order valence-electron chi connectivity index (χ1n) is 12.2. The summed E-state index contributed by atoms with van der Waals surface area (Å²) in [6, 6.07) is 0. The Morgan fingerprint density at radius 3 is 2.83 bits per heavy atom. The number of allylic oxidation sites excluding steroid dienone is 1. The van der Waals surface area contributed by atoms with Crippen molar-refractivity contribution in [1.82, 2.24) is 4.98 Å². The Labute approximate surface area is 181 Å². The molecule has 8 atom stereocenters. The maximum absolute atomic E-state index is 10.2. The molecule has 3 heteroatoms. The number of thiazole rings is 1. The molecule has 4 aliphatic rings. The smallest absolute Gasteiger partial charge is 0.0794 e. The van der Waals surface area contributed by atoms with Gasteiger partial charge in [0.15, 0.2) is 0 Å². The van der Waals surface area contributed by atoms with Crippen LogP contribution in [0.25, 0.3) is 0 Å². The highest BCUT2D eigenvalue weighted by atomic mass is 32.1. The van der Waals surface area contributed by atoms with E-state index in [0.717, 1.165) is 42.4 Å². The summed E-state index contributed by atoms with van der Waals surface area (Å²) >= 11 is 1.82. The molecule has 2 nitrogen and oxygen atoms in total. The van der Waals surface area contributed by atoms with Gasteiger partial charge in [-0.05, 0) is 105 Å². The van der Waals surface area contributed by atoms with Crippen LogP contribution in [0.15, 0.2) is 23.4 Å². The molecular formula is C26H39NOS. The molecule has 0 aliphatic heterocycles. The van der Waals surface area contributed by atoms with Crippen molar-refractivity contribution in [3.8, 4) is 0 Å². The number of fused-ring (bicyclic) bond motifs is 5. The number of aliphatic hydroxyl groups is 1. The number of hydrogen-bond acceptors (Lipinski definition) is 3. The summed E-state index contributed by atoms with van der Waals surface area (Å²) in [5.74, 6) is 4.38. The fourth-order valence-electron chi connectivity index (χ4n) is 8.55. The first-order valence-corrected chi connectivity index (χ1v) is 13.0. The molecule has 5 rings (SSSR count). The average Bonchev–Trinajstić information content (AvgIpc) is 3.34. The Kier molecular flexibility index (Phi) is 5.22. The van der Waals surface area contributed by atoms with E-state index >= 15 is 0 Å². The van der Waals surface area contributed by atoms with Crippen LogP contribution in [0.3, 0.4) is 0 Å². The summed E-state index contributed by atoms with van der Waals surface area (Å²) in [4.78, 5) is 5.72. The topological polar surface area (TPSA) is 33.1 Å². The van der Waals surface area contributed by atoms with Gasteiger partial charge in [-0.3, -0.25) is 4.98 Å². The number of aliphatic hydroxyl groups excluding tert-OH is 1. The zero-order valence-electron chi connectivity index (χ0n) is 18.6. The zero-order chi connectivity index (χ0) is 20.2. The summed E-state index contributed by atoms with van der Waals surface area (Å²) in [6.07, 6.45) is 17.3. The van der Waals surface area contributed by atoms with Crippen molar-refractivity contribution in [2.24, 2.45) is 40.4 Å². The van der Waals surface area contributed by atoms with Crippen molar-refractivity contribution >= 4 is 11.3 Å². The molecule has 4 aliphatic carbocycles.